The van der Waals surface area contributed by atoms with Gasteiger partial charge in [0.25, 0.3) is 0 Å². The summed E-state index contributed by atoms with van der Waals surface area (Å²) in [5.74, 6) is 0.206. The zero-order valence-corrected chi connectivity index (χ0v) is 14.4. The molecule has 0 amide bonds. The Bertz CT molecular complexity index is 1240. The molecule has 0 fully saturated rings. The molecular weight excluding hydrogens is 359 g/mol. The van der Waals surface area contributed by atoms with E-state index >= 15 is 0 Å². The van der Waals surface area contributed by atoms with E-state index in [1.807, 2.05) is 6.07 Å². The third kappa shape index (κ3) is 2.73. The van der Waals surface area contributed by atoms with Crippen LogP contribution in [0.3, 0.4) is 0 Å². The Morgan fingerprint density at radius 3 is 2.59 bits per heavy atom. The molecule has 1 N–H and O–H groups in total. The molecule has 0 unspecified atom stereocenters. The van der Waals surface area contributed by atoms with Crippen molar-refractivity contribution < 1.29 is 17.9 Å². The van der Waals surface area contributed by atoms with Crippen molar-refractivity contribution in [2.24, 2.45) is 0 Å². The van der Waals surface area contributed by atoms with Gasteiger partial charge in [-0.15, -0.1) is 0 Å². The lowest BCUT2D eigenvalue weighted by molar-refractivity contribution is -0.141. The number of nitrogens with zero attached hydrogens (tertiary/aromatic N) is 2. The molecule has 3 heterocycles. The summed E-state index contributed by atoms with van der Waals surface area (Å²) < 4.78 is 46.4. The van der Waals surface area contributed by atoms with Crippen molar-refractivity contribution in [2.75, 3.05) is 7.11 Å². The third-order valence-corrected chi connectivity index (χ3v) is 4.49. The van der Waals surface area contributed by atoms with Gasteiger partial charge in [0, 0.05) is 28.8 Å². The number of fused-ring (bicyclic) bond motifs is 2. The van der Waals surface area contributed by atoms with Gasteiger partial charge in [0.1, 0.15) is 0 Å². The minimum absolute atomic E-state index is 0.0259. The van der Waals surface area contributed by atoms with Crippen molar-refractivity contribution in [1.82, 2.24) is 14.6 Å². The number of hydrogen-bond donors (Lipinski definition) is 1. The Morgan fingerprint density at radius 2 is 1.89 bits per heavy atom. The molecule has 0 aliphatic heterocycles. The Hall–Kier alpha value is -3.29. The number of rotatable bonds is 2. The van der Waals surface area contributed by atoms with E-state index in [1.54, 1.807) is 30.3 Å². The van der Waals surface area contributed by atoms with Crippen LogP contribution in [-0.2, 0) is 6.18 Å². The lowest BCUT2D eigenvalue weighted by atomic mass is 10.0. The number of aryl methyl sites for hydroxylation is 1. The number of hydrogen-bond acceptors (Lipinski definition) is 3. The number of alkyl halides is 3. The summed E-state index contributed by atoms with van der Waals surface area (Å²) in [4.78, 5) is 14.2. The Balaban J connectivity index is 2.03. The van der Waals surface area contributed by atoms with Crippen LogP contribution in [0.4, 0.5) is 13.2 Å². The normalized spacial score (nSPS) is 12.0. The van der Waals surface area contributed by atoms with Gasteiger partial charge in [0.2, 0.25) is 11.4 Å². The summed E-state index contributed by atoms with van der Waals surface area (Å²) in [5.41, 5.74) is 1.13. The molecule has 0 aliphatic carbocycles. The molecule has 4 aromatic rings. The Kier molecular flexibility index (Phi) is 3.73. The Morgan fingerprint density at radius 1 is 1.11 bits per heavy atom. The number of methoxy groups -OCH3 is 1. The van der Waals surface area contributed by atoms with E-state index in [0.29, 0.717) is 22.2 Å². The van der Waals surface area contributed by atoms with Gasteiger partial charge in [-0.2, -0.15) is 22.8 Å². The van der Waals surface area contributed by atoms with Crippen LogP contribution >= 0.6 is 0 Å². The molecule has 0 radical (unpaired) electrons. The highest BCUT2D eigenvalue weighted by Gasteiger charge is 2.37. The van der Waals surface area contributed by atoms with Gasteiger partial charge < -0.3 is 9.72 Å². The first-order valence-electron chi connectivity index (χ1n) is 8.06. The van der Waals surface area contributed by atoms with Crippen molar-refractivity contribution >= 4 is 16.4 Å². The van der Waals surface area contributed by atoms with E-state index in [1.165, 1.54) is 24.6 Å². The summed E-state index contributed by atoms with van der Waals surface area (Å²) >= 11 is 0. The first kappa shape index (κ1) is 17.1. The van der Waals surface area contributed by atoms with E-state index in [-0.39, 0.29) is 17.0 Å². The maximum atomic E-state index is 13.4. The summed E-state index contributed by atoms with van der Waals surface area (Å²) in [6, 6.07) is 11.6. The van der Waals surface area contributed by atoms with Gasteiger partial charge in [-0.05, 0) is 42.1 Å². The topological polar surface area (TPSA) is 59.4 Å². The van der Waals surface area contributed by atoms with Crippen molar-refractivity contribution in [3.8, 4) is 17.0 Å². The largest absolute Gasteiger partial charge is 0.481 e. The molecule has 0 aliphatic rings. The highest BCUT2D eigenvalue weighted by atomic mass is 19.4. The SMILES string of the molecule is COc1ccc(-c2ccc3[nH]c(=O)ccc3c2)c2c(C)c(C(F)(F)F)nn12. The number of benzene rings is 1. The predicted octanol–water partition coefficient (Wildman–Crippen LogP) is 4.18. The molecule has 0 spiro atoms. The van der Waals surface area contributed by atoms with Crippen LogP contribution in [0.25, 0.3) is 27.5 Å². The van der Waals surface area contributed by atoms with Gasteiger partial charge in [0.15, 0.2) is 5.69 Å². The minimum Gasteiger partial charge on any atom is -0.481 e. The molecule has 138 valence electrons. The van der Waals surface area contributed by atoms with Crippen molar-refractivity contribution in [3.63, 3.8) is 0 Å². The zero-order valence-electron chi connectivity index (χ0n) is 14.4. The van der Waals surface area contributed by atoms with Crippen molar-refractivity contribution in [3.05, 3.63) is 64.1 Å². The van der Waals surface area contributed by atoms with E-state index < -0.39 is 11.9 Å². The fourth-order valence-corrected chi connectivity index (χ4v) is 3.25. The average Bonchev–Trinajstić information content (AvgIpc) is 2.99. The van der Waals surface area contributed by atoms with Gasteiger partial charge in [-0.3, -0.25) is 4.79 Å². The van der Waals surface area contributed by atoms with Crippen LogP contribution in [0, 0.1) is 6.92 Å². The maximum absolute atomic E-state index is 13.4. The second kappa shape index (κ2) is 5.87. The summed E-state index contributed by atoms with van der Waals surface area (Å²) in [7, 11) is 1.38. The van der Waals surface area contributed by atoms with Gasteiger partial charge in [-0.25, -0.2) is 0 Å². The highest BCUT2D eigenvalue weighted by molar-refractivity contribution is 5.90. The molecule has 4 rings (SSSR count). The molecule has 0 atom stereocenters. The number of halogens is 3. The van der Waals surface area contributed by atoms with Crippen LogP contribution < -0.4 is 10.3 Å². The highest BCUT2D eigenvalue weighted by Crippen LogP contribution is 2.38. The summed E-state index contributed by atoms with van der Waals surface area (Å²) in [6.07, 6.45) is -4.57. The first-order chi connectivity index (χ1) is 12.8. The third-order valence-electron chi connectivity index (χ3n) is 4.49. The van der Waals surface area contributed by atoms with Gasteiger partial charge >= 0.3 is 6.18 Å². The number of ether oxygens (including phenoxy) is 1. The zero-order chi connectivity index (χ0) is 19.3. The summed E-state index contributed by atoms with van der Waals surface area (Å²) in [5, 5.41) is 4.51. The molecule has 3 aromatic heterocycles. The number of aromatic nitrogens is 3. The molecule has 0 saturated carbocycles. The lowest BCUT2D eigenvalue weighted by Crippen LogP contribution is -2.07. The quantitative estimate of drug-likeness (QED) is 0.574. The van der Waals surface area contributed by atoms with E-state index in [0.717, 1.165) is 5.39 Å². The number of nitrogens with one attached hydrogen (secondary N) is 1. The maximum Gasteiger partial charge on any atom is 0.435 e. The van der Waals surface area contributed by atoms with E-state index in [2.05, 4.69) is 10.1 Å². The summed E-state index contributed by atoms with van der Waals surface area (Å²) in [6.45, 7) is 1.40. The average molecular weight is 373 g/mol. The standard InChI is InChI=1S/C19H14F3N3O2/c1-10-17-13(11-3-6-14-12(9-11)4-7-15(26)23-14)5-8-16(27-2)25(17)24-18(10)19(20,21)22/h3-9H,1-2H3,(H,23,26). The minimum atomic E-state index is -4.57. The molecular formula is C19H14F3N3O2. The monoisotopic (exact) mass is 373 g/mol. The second-order valence-electron chi connectivity index (χ2n) is 6.15. The van der Waals surface area contributed by atoms with Crippen LogP contribution in [0.5, 0.6) is 5.88 Å². The lowest BCUT2D eigenvalue weighted by Gasteiger charge is -2.10. The Labute approximate surface area is 151 Å². The van der Waals surface area contributed by atoms with Gasteiger partial charge in [-0.1, -0.05) is 6.07 Å². The van der Waals surface area contributed by atoms with E-state index in [9.17, 15) is 18.0 Å². The second-order valence-corrected chi connectivity index (χ2v) is 6.15. The molecule has 1 aromatic carbocycles. The fraction of sp³-hybridized carbons (Fsp3) is 0.158. The number of pyridine rings is 2. The van der Waals surface area contributed by atoms with Crippen molar-refractivity contribution in [1.29, 1.82) is 0 Å². The predicted molar refractivity (Wildman–Crippen MR) is 95.0 cm³/mol. The van der Waals surface area contributed by atoms with Crippen molar-refractivity contribution in [2.45, 2.75) is 13.1 Å². The number of aromatic amines is 1. The van der Waals surface area contributed by atoms with Crippen LogP contribution in [0.15, 0.2) is 47.3 Å². The van der Waals surface area contributed by atoms with Crippen LogP contribution in [0.1, 0.15) is 11.3 Å². The number of H-pyrrole nitrogens is 1. The smallest absolute Gasteiger partial charge is 0.435 e. The molecule has 8 heteroatoms. The molecule has 0 saturated heterocycles. The van der Waals surface area contributed by atoms with Gasteiger partial charge in [0.05, 0.1) is 12.6 Å². The molecule has 27 heavy (non-hydrogen) atoms. The van der Waals surface area contributed by atoms with Crippen LogP contribution in [-0.4, -0.2) is 21.7 Å². The first-order valence-corrected chi connectivity index (χ1v) is 8.06. The molecule has 0 bridgehead atoms. The van der Waals surface area contributed by atoms with Crippen LogP contribution in [0.2, 0.25) is 0 Å². The fourth-order valence-electron chi connectivity index (χ4n) is 3.25. The van der Waals surface area contributed by atoms with E-state index in [4.69, 9.17) is 4.74 Å². The molecule has 5 nitrogen and oxygen atoms in total.